The number of carbonyl (C=O) groups excluding carboxylic acids is 1. The van der Waals surface area contributed by atoms with Gasteiger partial charge in [0.05, 0.1) is 18.1 Å². The third kappa shape index (κ3) is 4.31. The largest absolute Gasteiger partial charge is 0.573 e. The first kappa shape index (κ1) is 16.4. The number of ether oxygens (including phenoxy) is 1. The minimum absolute atomic E-state index is 0.160. The topological polar surface area (TPSA) is 81.9 Å². The lowest BCUT2D eigenvalue weighted by Crippen LogP contribution is -2.17. The van der Waals surface area contributed by atoms with Crippen LogP contribution >= 0.6 is 0 Å². The number of nitrogens with one attached hydrogen (secondary N) is 1. The summed E-state index contributed by atoms with van der Waals surface area (Å²) in [5.41, 5.74) is 0.498. The number of halogens is 3. The number of imidazole rings is 1. The van der Waals surface area contributed by atoms with Crippen LogP contribution in [0.4, 0.5) is 18.9 Å². The van der Waals surface area contributed by atoms with Crippen molar-refractivity contribution in [2.45, 2.75) is 6.36 Å². The van der Waals surface area contributed by atoms with Gasteiger partial charge >= 0.3 is 6.36 Å². The van der Waals surface area contributed by atoms with Crippen LogP contribution in [0, 0.1) is 0 Å². The number of alkyl halides is 3. The van der Waals surface area contributed by atoms with Crippen molar-refractivity contribution in [2.24, 2.45) is 0 Å². The first-order valence-electron chi connectivity index (χ1n) is 6.88. The van der Waals surface area contributed by atoms with E-state index in [1.807, 2.05) is 0 Å². The molecule has 0 unspecified atom stereocenters. The SMILES string of the molecule is O=C(Nc1cnc(-n2ccnc2)nc1)c1ccc(OC(F)(F)F)cc1. The molecule has 1 amide bonds. The second-order valence-corrected chi connectivity index (χ2v) is 4.77. The average molecular weight is 349 g/mol. The molecule has 0 aliphatic rings. The zero-order valence-corrected chi connectivity index (χ0v) is 12.4. The number of anilines is 1. The summed E-state index contributed by atoms with van der Waals surface area (Å²) in [6.45, 7) is 0. The number of hydrogen-bond donors (Lipinski definition) is 1. The van der Waals surface area contributed by atoms with Gasteiger partial charge in [-0.2, -0.15) is 0 Å². The predicted molar refractivity (Wildman–Crippen MR) is 80.2 cm³/mol. The van der Waals surface area contributed by atoms with Crippen LogP contribution in [0.3, 0.4) is 0 Å². The number of nitrogens with zero attached hydrogens (tertiary/aromatic N) is 4. The summed E-state index contributed by atoms with van der Waals surface area (Å²) in [7, 11) is 0. The van der Waals surface area contributed by atoms with Gasteiger partial charge in [-0.3, -0.25) is 9.36 Å². The van der Waals surface area contributed by atoms with Crippen molar-refractivity contribution >= 4 is 11.6 Å². The van der Waals surface area contributed by atoms with Crippen LogP contribution < -0.4 is 10.1 Å². The molecule has 0 spiro atoms. The number of aromatic nitrogens is 4. The van der Waals surface area contributed by atoms with Gasteiger partial charge in [-0.05, 0) is 24.3 Å². The van der Waals surface area contributed by atoms with E-state index in [1.165, 1.54) is 30.9 Å². The molecule has 1 aromatic carbocycles. The molecule has 2 heterocycles. The molecule has 1 N–H and O–H groups in total. The summed E-state index contributed by atoms with van der Waals surface area (Å²) < 4.78 is 41.6. The highest BCUT2D eigenvalue weighted by molar-refractivity contribution is 6.04. The molecule has 7 nitrogen and oxygen atoms in total. The number of hydrogen-bond acceptors (Lipinski definition) is 5. The Hall–Kier alpha value is -3.43. The van der Waals surface area contributed by atoms with Gasteiger partial charge in [0.15, 0.2) is 0 Å². The highest BCUT2D eigenvalue weighted by atomic mass is 19.4. The molecule has 0 bridgehead atoms. The molecule has 3 rings (SSSR count). The van der Waals surface area contributed by atoms with Crippen molar-refractivity contribution in [3.63, 3.8) is 0 Å². The molecule has 128 valence electrons. The molecule has 0 atom stereocenters. The summed E-state index contributed by atoms with van der Waals surface area (Å²) in [6.07, 6.45) is 2.79. The molecular weight excluding hydrogens is 339 g/mol. The van der Waals surface area contributed by atoms with Crippen LogP contribution in [0.5, 0.6) is 5.75 Å². The lowest BCUT2D eigenvalue weighted by atomic mass is 10.2. The molecule has 25 heavy (non-hydrogen) atoms. The van der Waals surface area contributed by atoms with Gasteiger partial charge < -0.3 is 10.1 Å². The summed E-state index contributed by atoms with van der Waals surface area (Å²) in [4.78, 5) is 24.1. The Kier molecular flexibility index (Phi) is 4.33. The maximum absolute atomic E-state index is 12.1. The predicted octanol–water partition coefficient (Wildman–Crippen LogP) is 2.81. The van der Waals surface area contributed by atoms with Crippen LogP contribution in [0.1, 0.15) is 10.4 Å². The van der Waals surface area contributed by atoms with Gasteiger partial charge in [0.2, 0.25) is 5.95 Å². The van der Waals surface area contributed by atoms with Crippen LogP contribution in [0.2, 0.25) is 0 Å². The van der Waals surface area contributed by atoms with E-state index in [4.69, 9.17) is 0 Å². The molecule has 0 saturated heterocycles. The Morgan fingerprint density at radius 1 is 1.12 bits per heavy atom. The highest BCUT2D eigenvalue weighted by Gasteiger charge is 2.31. The van der Waals surface area contributed by atoms with Gasteiger partial charge in [0, 0.05) is 18.0 Å². The van der Waals surface area contributed by atoms with Crippen molar-refractivity contribution in [1.29, 1.82) is 0 Å². The van der Waals surface area contributed by atoms with Gasteiger partial charge in [0.1, 0.15) is 12.1 Å². The fourth-order valence-electron chi connectivity index (χ4n) is 1.91. The summed E-state index contributed by atoms with van der Waals surface area (Å²) >= 11 is 0. The van der Waals surface area contributed by atoms with Crippen LogP contribution in [-0.4, -0.2) is 31.8 Å². The standard InChI is InChI=1S/C15H10F3N5O2/c16-15(17,18)25-12-3-1-10(2-4-12)13(24)22-11-7-20-14(21-8-11)23-6-5-19-9-23/h1-9H,(H,22,24). The molecule has 0 aliphatic carbocycles. The van der Waals surface area contributed by atoms with E-state index in [0.29, 0.717) is 11.6 Å². The number of rotatable bonds is 4. The zero-order valence-electron chi connectivity index (χ0n) is 12.4. The molecule has 10 heteroatoms. The average Bonchev–Trinajstić information content (AvgIpc) is 3.09. The molecule has 0 saturated carbocycles. The van der Waals surface area contributed by atoms with Crippen LogP contribution in [0.25, 0.3) is 5.95 Å². The van der Waals surface area contributed by atoms with Gasteiger partial charge in [-0.1, -0.05) is 0 Å². The number of carbonyl (C=O) groups is 1. The lowest BCUT2D eigenvalue weighted by Gasteiger charge is -2.09. The fraction of sp³-hybridized carbons (Fsp3) is 0.0667. The first-order chi connectivity index (χ1) is 11.9. The van der Waals surface area contributed by atoms with Crippen LogP contribution in [0.15, 0.2) is 55.4 Å². The van der Waals surface area contributed by atoms with Crippen molar-refractivity contribution in [3.05, 3.63) is 60.9 Å². The van der Waals surface area contributed by atoms with E-state index in [9.17, 15) is 18.0 Å². The van der Waals surface area contributed by atoms with Crippen LogP contribution in [-0.2, 0) is 0 Å². The van der Waals surface area contributed by atoms with Gasteiger partial charge in [0.25, 0.3) is 5.91 Å². The third-order valence-corrected chi connectivity index (χ3v) is 2.98. The second kappa shape index (κ2) is 6.59. The van der Waals surface area contributed by atoms with Crippen molar-refractivity contribution < 1.29 is 22.7 Å². The Morgan fingerprint density at radius 2 is 1.80 bits per heavy atom. The molecule has 2 aromatic heterocycles. The van der Waals surface area contributed by atoms with E-state index in [0.717, 1.165) is 12.1 Å². The van der Waals surface area contributed by atoms with Crippen molar-refractivity contribution in [1.82, 2.24) is 19.5 Å². The first-order valence-corrected chi connectivity index (χ1v) is 6.88. The Bertz CT molecular complexity index is 846. The minimum Gasteiger partial charge on any atom is -0.406 e. The van der Waals surface area contributed by atoms with Gasteiger partial charge in [-0.15, -0.1) is 13.2 Å². The quantitative estimate of drug-likeness (QED) is 0.783. The smallest absolute Gasteiger partial charge is 0.406 e. The summed E-state index contributed by atoms with van der Waals surface area (Å²) in [5.74, 6) is -0.543. The molecular formula is C15H10F3N5O2. The van der Waals surface area contributed by atoms with E-state index in [-0.39, 0.29) is 5.56 Å². The minimum atomic E-state index is -4.78. The van der Waals surface area contributed by atoms with E-state index >= 15 is 0 Å². The third-order valence-electron chi connectivity index (χ3n) is 2.98. The van der Waals surface area contributed by atoms with Gasteiger partial charge in [-0.25, -0.2) is 15.0 Å². The summed E-state index contributed by atoms with van der Waals surface area (Å²) in [6, 6.07) is 4.55. The Balaban J connectivity index is 1.65. The maximum Gasteiger partial charge on any atom is 0.573 e. The maximum atomic E-state index is 12.1. The Labute approximate surface area is 139 Å². The van der Waals surface area contributed by atoms with Crippen molar-refractivity contribution in [2.75, 3.05) is 5.32 Å². The van der Waals surface area contributed by atoms with Crippen molar-refractivity contribution in [3.8, 4) is 11.7 Å². The molecule has 0 radical (unpaired) electrons. The number of amides is 1. The number of benzene rings is 1. The van der Waals surface area contributed by atoms with E-state index in [2.05, 4.69) is 25.0 Å². The fourth-order valence-corrected chi connectivity index (χ4v) is 1.91. The highest BCUT2D eigenvalue weighted by Crippen LogP contribution is 2.23. The normalized spacial score (nSPS) is 11.2. The molecule has 0 aliphatic heterocycles. The second-order valence-electron chi connectivity index (χ2n) is 4.77. The van der Waals surface area contributed by atoms with E-state index < -0.39 is 18.0 Å². The van der Waals surface area contributed by atoms with E-state index in [1.54, 1.807) is 17.0 Å². The monoisotopic (exact) mass is 349 g/mol. The Morgan fingerprint density at radius 3 is 2.36 bits per heavy atom. The molecule has 3 aromatic rings. The molecule has 0 fully saturated rings. The lowest BCUT2D eigenvalue weighted by molar-refractivity contribution is -0.274. The zero-order chi connectivity index (χ0) is 17.9. The summed E-state index contributed by atoms with van der Waals surface area (Å²) in [5, 5.41) is 2.55.